The van der Waals surface area contributed by atoms with Crippen LogP contribution in [0.15, 0.2) is 42.5 Å². The van der Waals surface area contributed by atoms with Gasteiger partial charge in [-0.15, -0.1) is 0 Å². The second kappa shape index (κ2) is 10.7. The number of benzene rings is 2. The minimum Gasteiger partial charge on any atom is -0.325 e. The lowest BCUT2D eigenvalue weighted by atomic mass is 10.1. The van der Waals surface area contributed by atoms with Crippen LogP contribution in [0, 0.1) is 5.82 Å². The van der Waals surface area contributed by atoms with Crippen LogP contribution in [0.4, 0.5) is 10.1 Å². The second-order valence-corrected chi connectivity index (χ2v) is 10.1. The maximum atomic E-state index is 14.1. The Morgan fingerprint density at radius 3 is 2.47 bits per heavy atom. The van der Waals surface area contributed by atoms with Gasteiger partial charge in [-0.05, 0) is 30.2 Å². The number of hydrogen-bond acceptors (Lipinski definition) is 4. The molecule has 1 aliphatic heterocycles. The molecule has 7 nitrogen and oxygen atoms in total. The fraction of sp³-hybridized carbons (Fsp3) is 0.409. The number of hydrogen-bond donors (Lipinski definition) is 1. The van der Waals surface area contributed by atoms with Crippen molar-refractivity contribution in [1.29, 1.82) is 0 Å². The molecule has 1 saturated heterocycles. The number of halogens is 2. The van der Waals surface area contributed by atoms with E-state index < -0.39 is 16.0 Å². The van der Waals surface area contributed by atoms with Crippen LogP contribution in [0.2, 0.25) is 5.02 Å². The van der Waals surface area contributed by atoms with Gasteiger partial charge in [-0.2, -0.15) is 17.0 Å². The molecule has 1 amide bonds. The maximum Gasteiger partial charge on any atom is 0.282 e. The summed E-state index contributed by atoms with van der Waals surface area (Å²) in [7, 11) is -2.38. The van der Waals surface area contributed by atoms with E-state index in [0.717, 1.165) is 22.0 Å². The van der Waals surface area contributed by atoms with Crippen molar-refractivity contribution < 1.29 is 17.6 Å². The summed E-state index contributed by atoms with van der Waals surface area (Å²) in [4.78, 5) is 14.4. The number of piperazine rings is 1. The van der Waals surface area contributed by atoms with Gasteiger partial charge in [-0.1, -0.05) is 42.8 Å². The van der Waals surface area contributed by atoms with Gasteiger partial charge in [0.1, 0.15) is 5.82 Å². The summed E-state index contributed by atoms with van der Waals surface area (Å²) in [6, 6.07) is 11.9. The Bertz CT molecular complexity index is 1040. The molecule has 2 aromatic carbocycles. The first-order valence-electron chi connectivity index (χ1n) is 10.5. The van der Waals surface area contributed by atoms with Gasteiger partial charge in [0.2, 0.25) is 5.91 Å². The summed E-state index contributed by atoms with van der Waals surface area (Å²) in [5.41, 5.74) is 2.01. The zero-order valence-electron chi connectivity index (χ0n) is 18.2. The lowest BCUT2D eigenvalue weighted by Crippen LogP contribution is -2.53. The third-order valence-corrected chi connectivity index (χ3v) is 7.82. The van der Waals surface area contributed by atoms with E-state index in [2.05, 4.69) is 5.32 Å². The molecule has 0 saturated carbocycles. The van der Waals surface area contributed by atoms with E-state index in [4.69, 9.17) is 11.6 Å². The SMILES string of the molecule is CCc1ccccc1NC(=O)CN1CCN(S(=O)(=O)N(C)Cc2c(F)cccc2Cl)CC1. The second-order valence-electron chi connectivity index (χ2n) is 7.70. The van der Waals surface area contributed by atoms with Crippen LogP contribution >= 0.6 is 11.6 Å². The number of carbonyl (C=O) groups is 1. The van der Waals surface area contributed by atoms with Crippen LogP contribution in [-0.2, 0) is 28.0 Å². The van der Waals surface area contributed by atoms with Crippen LogP contribution < -0.4 is 5.32 Å². The first kappa shape index (κ1) is 24.6. The van der Waals surface area contributed by atoms with Crippen LogP contribution in [-0.4, -0.2) is 67.6 Å². The Morgan fingerprint density at radius 2 is 1.81 bits per heavy atom. The van der Waals surface area contributed by atoms with Gasteiger partial charge >= 0.3 is 0 Å². The molecule has 0 unspecified atom stereocenters. The van der Waals surface area contributed by atoms with E-state index in [1.807, 2.05) is 36.1 Å². The molecule has 1 fully saturated rings. The largest absolute Gasteiger partial charge is 0.325 e. The van der Waals surface area contributed by atoms with Gasteiger partial charge in [0.15, 0.2) is 0 Å². The predicted octanol–water partition coefficient (Wildman–Crippen LogP) is 2.97. The Balaban J connectivity index is 1.54. The van der Waals surface area contributed by atoms with Gasteiger partial charge in [-0.25, -0.2) is 4.39 Å². The fourth-order valence-electron chi connectivity index (χ4n) is 3.65. The quantitative estimate of drug-likeness (QED) is 0.628. The van der Waals surface area contributed by atoms with E-state index in [1.54, 1.807) is 0 Å². The van der Waals surface area contributed by atoms with E-state index in [0.29, 0.717) is 13.1 Å². The third kappa shape index (κ3) is 5.85. The minimum atomic E-state index is -3.79. The standard InChI is InChI=1S/C22H28ClFN4O3S/c1-3-17-7-4-5-10-21(17)25-22(29)16-27-11-13-28(14-12-27)32(30,31)26(2)15-18-19(23)8-6-9-20(18)24/h4-10H,3,11-16H2,1-2H3,(H,25,29). The molecule has 1 N–H and O–H groups in total. The van der Waals surface area contributed by atoms with E-state index in [1.165, 1.54) is 29.6 Å². The smallest absolute Gasteiger partial charge is 0.282 e. The van der Waals surface area contributed by atoms with Gasteiger partial charge in [-0.3, -0.25) is 9.69 Å². The van der Waals surface area contributed by atoms with Crippen molar-refractivity contribution in [2.24, 2.45) is 0 Å². The molecule has 2 aromatic rings. The molecule has 174 valence electrons. The maximum absolute atomic E-state index is 14.1. The van der Waals surface area contributed by atoms with Gasteiger partial charge < -0.3 is 5.32 Å². The highest BCUT2D eigenvalue weighted by molar-refractivity contribution is 7.86. The number of rotatable bonds is 8. The van der Waals surface area contributed by atoms with Crippen molar-refractivity contribution in [3.05, 3.63) is 64.4 Å². The summed E-state index contributed by atoms with van der Waals surface area (Å²) in [5.74, 6) is -0.673. The van der Waals surface area contributed by atoms with Crippen molar-refractivity contribution in [2.75, 3.05) is 45.1 Å². The molecule has 3 rings (SSSR count). The van der Waals surface area contributed by atoms with Gasteiger partial charge in [0, 0.05) is 56.0 Å². The number of para-hydroxylation sites is 1. The highest BCUT2D eigenvalue weighted by Crippen LogP contribution is 2.22. The molecule has 0 aromatic heterocycles. The molecule has 0 bridgehead atoms. The summed E-state index contributed by atoms with van der Waals surface area (Å²) in [6.45, 7) is 3.40. The first-order chi connectivity index (χ1) is 15.2. The number of aryl methyl sites for hydroxylation is 1. The highest BCUT2D eigenvalue weighted by atomic mass is 35.5. The average Bonchev–Trinajstić information content (AvgIpc) is 2.77. The third-order valence-electron chi connectivity index (χ3n) is 5.53. The van der Waals surface area contributed by atoms with Crippen molar-refractivity contribution in [1.82, 2.24) is 13.5 Å². The Hall–Kier alpha value is -2.04. The van der Waals surface area contributed by atoms with Crippen molar-refractivity contribution >= 4 is 33.4 Å². The summed E-state index contributed by atoms with van der Waals surface area (Å²) in [5, 5.41) is 3.13. The molecule has 1 aliphatic rings. The number of amides is 1. The molecule has 1 heterocycles. The highest BCUT2D eigenvalue weighted by Gasteiger charge is 2.31. The molecule has 0 radical (unpaired) electrons. The molecular formula is C22H28ClFN4O3S. The molecular weight excluding hydrogens is 455 g/mol. The summed E-state index contributed by atoms with van der Waals surface area (Å²) >= 11 is 6.03. The normalized spacial score (nSPS) is 15.8. The lowest BCUT2D eigenvalue weighted by Gasteiger charge is -2.35. The summed E-state index contributed by atoms with van der Waals surface area (Å²) in [6.07, 6.45) is 0.818. The number of nitrogens with one attached hydrogen (secondary N) is 1. The van der Waals surface area contributed by atoms with E-state index in [9.17, 15) is 17.6 Å². The van der Waals surface area contributed by atoms with Crippen molar-refractivity contribution in [2.45, 2.75) is 19.9 Å². The molecule has 0 aliphatic carbocycles. The molecule has 0 spiro atoms. The Kier molecular flexibility index (Phi) is 8.24. The monoisotopic (exact) mass is 482 g/mol. The van der Waals surface area contributed by atoms with E-state index >= 15 is 0 Å². The van der Waals surface area contributed by atoms with Crippen LogP contribution in [0.3, 0.4) is 0 Å². The van der Waals surface area contributed by atoms with Crippen LogP contribution in [0.5, 0.6) is 0 Å². The van der Waals surface area contributed by atoms with Gasteiger partial charge in [0.25, 0.3) is 10.2 Å². The van der Waals surface area contributed by atoms with E-state index in [-0.39, 0.29) is 42.7 Å². The van der Waals surface area contributed by atoms with Crippen LogP contribution in [0.25, 0.3) is 0 Å². The lowest BCUT2D eigenvalue weighted by molar-refractivity contribution is -0.117. The summed E-state index contributed by atoms with van der Waals surface area (Å²) < 4.78 is 42.4. The van der Waals surface area contributed by atoms with Crippen molar-refractivity contribution in [3.8, 4) is 0 Å². The number of carbonyl (C=O) groups excluding carboxylic acids is 1. The average molecular weight is 483 g/mol. The molecule has 10 heteroatoms. The molecule has 32 heavy (non-hydrogen) atoms. The number of anilines is 1. The predicted molar refractivity (Wildman–Crippen MR) is 124 cm³/mol. The molecule has 0 atom stereocenters. The fourth-order valence-corrected chi connectivity index (χ4v) is 5.18. The van der Waals surface area contributed by atoms with Crippen LogP contribution in [0.1, 0.15) is 18.1 Å². The van der Waals surface area contributed by atoms with Crippen molar-refractivity contribution in [3.63, 3.8) is 0 Å². The minimum absolute atomic E-state index is 0.131. The zero-order valence-corrected chi connectivity index (χ0v) is 19.8. The zero-order chi connectivity index (χ0) is 23.3. The Morgan fingerprint density at radius 1 is 1.12 bits per heavy atom. The van der Waals surface area contributed by atoms with Gasteiger partial charge in [0.05, 0.1) is 6.54 Å². The number of nitrogens with zero attached hydrogens (tertiary/aromatic N) is 3. The first-order valence-corrected chi connectivity index (χ1v) is 12.2. The Labute approximate surface area is 193 Å². The topological polar surface area (TPSA) is 73.0 Å².